The van der Waals surface area contributed by atoms with Gasteiger partial charge in [-0.25, -0.2) is 15.0 Å². The van der Waals surface area contributed by atoms with Crippen LogP contribution in [0.4, 0.5) is 0 Å². The van der Waals surface area contributed by atoms with Gasteiger partial charge in [0, 0.05) is 22.1 Å². The third kappa shape index (κ3) is 3.62. The highest BCUT2D eigenvalue weighted by Crippen LogP contribution is 2.37. The minimum absolute atomic E-state index is 0.583. The Labute approximate surface area is 245 Å². The summed E-state index contributed by atoms with van der Waals surface area (Å²) in [5, 5.41) is 1.03. The fourth-order valence-electron chi connectivity index (χ4n) is 5.90. The molecule has 0 amide bonds. The first-order valence-electron chi connectivity index (χ1n) is 14.1. The SMILES string of the molecule is c1ccc(-c2nc(-c3ccccc3)nc(-c3ccccc3-n3c4ccccc4n4c5c(nc34)oc3ccccc35)n2)cc1. The molecule has 7 nitrogen and oxygen atoms in total. The summed E-state index contributed by atoms with van der Waals surface area (Å²) >= 11 is 0. The van der Waals surface area contributed by atoms with Gasteiger partial charge in [-0.05, 0) is 36.4 Å². The number of hydrogen-bond donors (Lipinski definition) is 0. The molecule has 0 radical (unpaired) electrons. The first-order chi connectivity index (χ1) is 21.3. The third-order valence-corrected chi connectivity index (χ3v) is 7.83. The van der Waals surface area contributed by atoms with E-state index < -0.39 is 0 Å². The van der Waals surface area contributed by atoms with Crippen LogP contribution >= 0.6 is 0 Å². The Kier molecular flexibility index (Phi) is 5.06. The van der Waals surface area contributed by atoms with Gasteiger partial charge in [0.2, 0.25) is 11.5 Å². The molecule has 4 aromatic heterocycles. The van der Waals surface area contributed by atoms with E-state index in [0.29, 0.717) is 23.2 Å². The van der Waals surface area contributed by atoms with E-state index in [1.807, 2.05) is 91.0 Å². The smallest absolute Gasteiger partial charge is 0.248 e. The summed E-state index contributed by atoms with van der Waals surface area (Å²) in [5.41, 5.74) is 8.06. The highest BCUT2D eigenvalue weighted by molar-refractivity contribution is 6.05. The molecule has 0 fully saturated rings. The summed E-state index contributed by atoms with van der Waals surface area (Å²) in [6, 6.07) is 44.6. The number of para-hydroxylation sites is 4. The van der Waals surface area contributed by atoms with Gasteiger partial charge in [-0.2, -0.15) is 4.98 Å². The highest BCUT2D eigenvalue weighted by atomic mass is 16.3. The number of hydrogen-bond acceptors (Lipinski definition) is 5. The van der Waals surface area contributed by atoms with Gasteiger partial charge in [-0.3, -0.25) is 8.97 Å². The molecule has 0 aliphatic rings. The van der Waals surface area contributed by atoms with Crippen LogP contribution in [0.25, 0.3) is 78.9 Å². The lowest BCUT2D eigenvalue weighted by Gasteiger charge is -2.13. The second kappa shape index (κ2) is 9.22. The van der Waals surface area contributed by atoms with E-state index in [1.165, 1.54) is 0 Å². The van der Waals surface area contributed by atoms with Crippen molar-refractivity contribution >= 4 is 39.0 Å². The zero-order chi connectivity index (χ0) is 28.3. The Balaban J connectivity index is 1.34. The molecule has 9 aromatic rings. The standard InChI is InChI=1S/C36H22N6O/c1-3-13-23(14-4-1)32-37-33(24-15-5-2-6-16-24)39-34(38-32)25-17-7-9-19-27(25)41-28-20-10-11-21-29(28)42-31-26-18-8-12-22-30(26)43-35(31)40-36(41)42/h1-22H. The molecule has 0 saturated carbocycles. The van der Waals surface area contributed by atoms with Crippen molar-refractivity contribution in [3.8, 4) is 39.9 Å². The molecular weight excluding hydrogens is 532 g/mol. The van der Waals surface area contributed by atoms with Gasteiger partial charge in [-0.15, -0.1) is 0 Å². The number of furan rings is 1. The third-order valence-electron chi connectivity index (χ3n) is 7.83. The van der Waals surface area contributed by atoms with Crippen LogP contribution in [0.2, 0.25) is 0 Å². The average molecular weight is 555 g/mol. The van der Waals surface area contributed by atoms with Crippen LogP contribution in [0.1, 0.15) is 0 Å². The monoisotopic (exact) mass is 554 g/mol. The van der Waals surface area contributed by atoms with E-state index in [2.05, 4.69) is 51.4 Å². The molecule has 0 spiro atoms. The number of nitrogens with zero attached hydrogens (tertiary/aromatic N) is 6. The molecule has 0 bridgehead atoms. The Hall–Kier alpha value is -6.08. The predicted molar refractivity (Wildman–Crippen MR) is 169 cm³/mol. The van der Waals surface area contributed by atoms with Crippen molar-refractivity contribution in [2.45, 2.75) is 0 Å². The predicted octanol–water partition coefficient (Wildman–Crippen LogP) is 8.36. The lowest BCUT2D eigenvalue weighted by molar-refractivity contribution is 0.656. The van der Waals surface area contributed by atoms with Gasteiger partial charge in [0.1, 0.15) is 11.1 Å². The summed E-state index contributed by atoms with van der Waals surface area (Å²) in [4.78, 5) is 20.0. The second-order valence-electron chi connectivity index (χ2n) is 10.4. The van der Waals surface area contributed by atoms with E-state index in [1.54, 1.807) is 0 Å². The zero-order valence-corrected chi connectivity index (χ0v) is 22.8. The normalized spacial score (nSPS) is 11.7. The quantitative estimate of drug-likeness (QED) is 0.219. The van der Waals surface area contributed by atoms with Gasteiger partial charge in [0.15, 0.2) is 17.5 Å². The molecule has 9 rings (SSSR count). The van der Waals surface area contributed by atoms with Gasteiger partial charge in [-0.1, -0.05) is 97.1 Å². The maximum Gasteiger partial charge on any atom is 0.248 e. The number of aromatic nitrogens is 6. The molecule has 0 atom stereocenters. The molecule has 7 heteroatoms. The van der Waals surface area contributed by atoms with Crippen molar-refractivity contribution in [3.05, 3.63) is 133 Å². The molecule has 0 N–H and O–H groups in total. The maximum absolute atomic E-state index is 6.20. The molecule has 43 heavy (non-hydrogen) atoms. The van der Waals surface area contributed by atoms with E-state index in [4.69, 9.17) is 24.4 Å². The summed E-state index contributed by atoms with van der Waals surface area (Å²) < 4.78 is 10.6. The van der Waals surface area contributed by atoms with Crippen LogP contribution in [-0.2, 0) is 0 Å². The fraction of sp³-hybridized carbons (Fsp3) is 0. The summed E-state index contributed by atoms with van der Waals surface area (Å²) in [5.74, 6) is 2.58. The first-order valence-corrected chi connectivity index (χ1v) is 14.1. The van der Waals surface area contributed by atoms with Gasteiger partial charge in [0.05, 0.1) is 16.7 Å². The maximum atomic E-state index is 6.20. The summed E-state index contributed by atoms with van der Waals surface area (Å²) in [6.45, 7) is 0. The molecule has 5 aromatic carbocycles. The van der Waals surface area contributed by atoms with Crippen LogP contribution in [0.5, 0.6) is 0 Å². The highest BCUT2D eigenvalue weighted by Gasteiger charge is 2.23. The Morgan fingerprint density at radius 1 is 0.488 bits per heavy atom. The van der Waals surface area contributed by atoms with Crippen LogP contribution in [0.3, 0.4) is 0 Å². The van der Waals surface area contributed by atoms with Gasteiger partial charge < -0.3 is 4.42 Å². The van der Waals surface area contributed by atoms with Crippen LogP contribution < -0.4 is 0 Å². The van der Waals surface area contributed by atoms with Crippen molar-refractivity contribution in [1.29, 1.82) is 0 Å². The molecular formula is C36H22N6O. The molecule has 0 unspecified atom stereocenters. The number of fused-ring (bicyclic) bond motifs is 7. The average Bonchev–Trinajstić information content (AvgIpc) is 3.72. The van der Waals surface area contributed by atoms with Crippen LogP contribution in [0, 0.1) is 0 Å². The number of rotatable bonds is 4. The largest absolute Gasteiger partial charge is 0.436 e. The molecule has 0 saturated heterocycles. The van der Waals surface area contributed by atoms with Gasteiger partial charge in [0.25, 0.3) is 0 Å². The molecule has 202 valence electrons. The lowest BCUT2D eigenvalue weighted by atomic mass is 10.1. The van der Waals surface area contributed by atoms with Crippen molar-refractivity contribution < 1.29 is 4.42 Å². The van der Waals surface area contributed by atoms with Crippen molar-refractivity contribution in [3.63, 3.8) is 0 Å². The van der Waals surface area contributed by atoms with E-state index in [-0.39, 0.29) is 0 Å². The second-order valence-corrected chi connectivity index (χ2v) is 10.4. The van der Waals surface area contributed by atoms with Crippen molar-refractivity contribution in [2.75, 3.05) is 0 Å². The van der Waals surface area contributed by atoms with Crippen molar-refractivity contribution in [1.82, 2.24) is 28.9 Å². The topological polar surface area (TPSA) is 74.0 Å². The van der Waals surface area contributed by atoms with E-state index in [9.17, 15) is 0 Å². The Morgan fingerprint density at radius 2 is 1.07 bits per heavy atom. The minimum atomic E-state index is 0.583. The number of benzene rings is 5. The van der Waals surface area contributed by atoms with Crippen LogP contribution in [-0.4, -0.2) is 28.9 Å². The summed E-state index contributed by atoms with van der Waals surface area (Å²) in [7, 11) is 0. The minimum Gasteiger partial charge on any atom is -0.436 e. The lowest BCUT2D eigenvalue weighted by Crippen LogP contribution is -2.03. The first kappa shape index (κ1) is 23.6. The van der Waals surface area contributed by atoms with Crippen LogP contribution in [0.15, 0.2) is 138 Å². The van der Waals surface area contributed by atoms with Crippen molar-refractivity contribution in [2.24, 2.45) is 0 Å². The van der Waals surface area contributed by atoms with E-state index >= 15 is 0 Å². The van der Waals surface area contributed by atoms with E-state index in [0.717, 1.165) is 55.7 Å². The Bertz CT molecular complexity index is 2400. The molecule has 0 aliphatic heterocycles. The Morgan fingerprint density at radius 3 is 1.81 bits per heavy atom. The summed E-state index contributed by atoms with van der Waals surface area (Å²) in [6.07, 6.45) is 0. The number of imidazole rings is 2. The zero-order valence-electron chi connectivity index (χ0n) is 22.8. The molecule has 4 heterocycles. The fourth-order valence-corrected chi connectivity index (χ4v) is 5.90. The molecule has 0 aliphatic carbocycles. The van der Waals surface area contributed by atoms with Gasteiger partial charge >= 0.3 is 0 Å².